The Kier molecular flexibility index (Phi) is 2.53. The summed E-state index contributed by atoms with van der Waals surface area (Å²) >= 11 is 0. The molecule has 1 saturated carbocycles. The summed E-state index contributed by atoms with van der Waals surface area (Å²) in [7, 11) is -2.89. The quantitative estimate of drug-likeness (QED) is 0.732. The molecule has 0 atom stereocenters. The van der Waals surface area contributed by atoms with Crippen LogP contribution in [-0.4, -0.2) is 55.1 Å². The molecule has 92 valence electrons. The third-order valence-corrected chi connectivity index (χ3v) is 6.58. The summed E-state index contributed by atoms with van der Waals surface area (Å²) < 4.78 is 24.9. The molecule has 2 saturated heterocycles. The van der Waals surface area contributed by atoms with Crippen LogP contribution in [0.1, 0.15) is 32.1 Å². The van der Waals surface area contributed by atoms with Gasteiger partial charge in [0.05, 0.1) is 5.75 Å². The van der Waals surface area contributed by atoms with Gasteiger partial charge in [-0.2, -0.15) is 0 Å². The molecule has 5 heteroatoms. The Morgan fingerprint density at radius 2 is 1.81 bits per heavy atom. The molecule has 1 spiro atoms. The molecule has 0 N–H and O–H groups in total. The second-order valence-electron chi connectivity index (χ2n) is 5.38. The molecule has 1 aliphatic carbocycles. The average Bonchev–Trinajstić information content (AvgIpc) is 2.41. The Hall–Kier alpha value is -0.130. The maximum Gasteiger partial charge on any atom is 0.214 e. The van der Waals surface area contributed by atoms with Crippen LogP contribution in [0.15, 0.2) is 0 Å². The van der Waals surface area contributed by atoms with Crippen molar-refractivity contribution in [1.82, 2.24) is 9.21 Å². The molecular weight excluding hydrogens is 224 g/mol. The Labute approximate surface area is 97.7 Å². The van der Waals surface area contributed by atoms with Gasteiger partial charge in [0.2, 0.25) is 10.0 Å². The molecule has 2 heterocycles. The summed E-state index contributed by atoms with van der Waals surface area (Å²) in [5.74, 6) is 0.359. The second-order valence-corrected chi connectivity index (χ2v) is 7.47. The molecule has 3 aliphatic rings. The van der Waals surface area contributed by atoms with Crippen molar-refractivity contribution in [3.05, 3.63) is 0 Å². The summed E-state index contributed by atoms with van der Waals surface area (Å²) in [6, 6.07) is 0. The highest BCUT2D eigenvalue weighted by molar-refractivity contribution is 7.89. The van der Waals surface area contributed by atoms with Crippen LogP contribution in [0, 0.1) is 0 Å². The molecule has 0 aromatic rings. The molecule has 2 aliphatic heterocycles. The first-order valence-electron chi connectivity index (χ1n) is 6.35. The summed E-state index contributed by atoms with van der Waals surface area (Å²) in [4.78, 5) is 2.50. The van der Waals surface area contributed by atoms with Crippen molar-refractivity contribution < 1.29 is 8.42 Å². The molecular formula is C11H20N2O2S. The van der Waals surface area contributed by atoms with E-state index in [0.717, 1.165) is 19.5 Å². The first-order chi connectivity index (χ1) is 7.62. The first-order valence-corrected chi connectivity index (χ1v) is 7.96. The molecule has 0 aromatic heterocycles. The average molecular weight is 244 g/mol. The molecule has 0 radical (unpaired) electrons. The molecule has 3 fully saturated rings. The van der Waals surface area contributed by atoms with Gasteiger partial charge < -0.3 is 0 Å². The van der Waals surface area contributed by atoms with Crippen LogP contribution in [0.2, 0.25) is 0 Å². The van der Waals surface area contributed by atoms with E-state index >= 15 is 0 Å². The van der Waals surface area contributed by atoms with E-state index in [0.29, 0.717) is 17.8 Å². The van der Waals surface area contributed by atoms with Crippen molar-refractivity contribution in [1.29, 1.82) is 0 Å². The van der Waals surface area contributed by atoms with E-state index in [1.54, 1.807) is 4.31 Å². The fraction of sp³-hybridized carbons (Fsp3) is 1.00. The van der Waals surface area contributed by atoms with Crippen molar-refractivity contribution in [2.75, 3.05) is 31.9 Å². The summed E-state index contributed by atoms with van der Waals surface area (Å²) in [6.07, 6.45) is 6.17. The third kappa shape index (κ3) is 1.60. The van der Waals surface area contributed by atoms with Crippen molar-refractivity contribution in [3.63, 3.8) is 0 Å². The number of hydrogen-bond acceptors (Lipinski definition) is 3. The fourth-order valence-corrected chi connectivity index (χ4v) is 4.78. The predicted octanol–water partition coefficient (Wildman–Crippen LogP) is 0.650. The number of hydrogen-bond donors (Lipinski definition) is 0. The highest BCUT2D eigenvalue weighted by Crippen LogP contribution is 2.46. The van der Waals surface area contributed by atoms with Crippen LogP contribution in [-0.2, 0) is 10.0 Å². The second kappa shape index (κ2) is 3.68. The molecule has 0 aromatic carbocycles. The Bertz CT molecular complexity index is 370. The number of sulfonamides is 1. The van der Waals surface area contributed by atoms with Crippen molar-refractivity contribution >= 4 is 10.0 Å². The minimum Gasteiger partial charge on any atom is -0.296 e. The topological polar surface area (TPSA) is 40.6 Å². The van der Waals surface area contributed by atoms with Crippen LogP contribution in [0.4, 0.5) is 0 Å². The van der Waals surface area contributed by atoms with Gasteiger partial charge in [0.1, 0.15) is 0 Å². The van der Waals surface area contributed by atoms with E-state index in [-0.39, 0.29) is 0 Å². The maximum absolute atomic E-state index is 11.6. The first kappa shape index (κ1) is 11.0. The monoisotopic (exact) mass is 244 g/mol. The van der Waals surface area contributed by atoms with Gasteiger partial charge in [-0.3, -0.25) is 4.90 Å². The highest BCUT2D eigenvalue weighted by Gasteiger charge is 2.48. The normalized spacial score (nSPS) is 32.5. The van der Waals surface area contributed by atoms with E-state index in [2.05, 4.69) is 4.90 Å². The van der Waals surface area contributed by atoms with Crippen LogP contribution in [0.25, 0.3) is 0 Å². The standard InChI is InChI=1S/C11H20N2O2S/c14-16(15)10-2-6-13(16)9-8-12-7-5-11(12)3-1-4-11/h1-10H2. The van der Waals surface area contributed by atoms with Gasteiger partial charge in [-0.05, 0) is 32.1 Å². The van der Waals surface area contributed by atoms with E-state index in [1.807, 2.05) is 0 Å². The summed E-state index contributed by atoms with van der Waals surface area (Å²) in [5.41, 5.74) is 0.503. The largest absolute Gasteiger partial charge is 0.296 e. The van der Waals surface area contributed by atoms with E-state index in [1.165, 1.54) is 32.2 Å². The molecule has 16 heavy (non-hydrogen) atoms. The van der Waals surface area contributed by atoms with Gasteiger partial charge >= 0.3 is 0 Å². The number of rotatable bonds is 3. The van der Waals surface area contributed by atoms with Crippen molar-refractivity contribution in [3.8, 4) is 0 Å². The van der Waals surface area contributed by atoms with Gasteiger partial charge in [0.15, 0.2) is 0 Å². The number of likely N-dealkylation sites (tertiary alicyclic amines) is 1. The highest BCUT2D eigenvalue weighted by atomic mass is 32.2. The van der Waals surface area contributed by atoms with Crippen LogP contribution in [0.5, 0.6) is 0 Å². The number of nitrogens with zero attached hydrogens (tertiary/aromatic N) is 2. The molecule has 0 bridgehead atoms. The van der Waals surface area contributed by atoms with Gasteiger partial charge in [-0.15, -0.1) is 0 Å². The zero-order valence-electron chi connectivity index (χ0n) is 9.69. The third-order valence-electron chi connectivity index (χ3n) is 4.62. The molecule has 3 rings (SSSR count). The summed E-state index contributed by atoms with van der Waals surface area (Å²) in [6.45, 7) is 3.57. The lowest BCUT2D eigenvalue weighted by Crippen LogP contribution is -2.64. The Balaban J connectivity index is 1.53. The van der Waals surface area contributed by atoms with E-state index < -0.39 is 10.0 Å². The molecule has 0 unspecified atom stereocenters. The van der Waals surface area contributed by atoms with Crippen LogP contribution in [0.3, 0.4) is 0 Å². The van der Waals surface area contributed by atoms with Crippen LogP contribution >= 0.6 is 0 Å². The Morgan fingerprint density at radius 3 is 2.25 bits per heavy atom. The smallest absolute Gasteiger partial charge is 0.214 e. The molecule has 0 amide bonds. The lowest BCUT2D eigenvalue weighted by molar-refractivity contribution is -0.0732. The van der Waals surface area contributed by atoms with Gasteiger partial charge in [-0.1, -0.05) is 0 Å². The van der Waals surface area contributed by atoms with E-state index in [4.69, 9.17) is 0 Å². The minimum atomic E-state index is -2.89. The van der Waals surface area contributed by atoms with E-state index in [9.17, 15) is 8.42 Å². The van der Waals surface area contributed by atoms with Gasteiger partial charge in [0, 0.05) is 31.7 Å². The van der Waals surface area contributed by atoms with Crippen molar-refractivity contribution in [2.45, 2.75) is 37.6 Å². The fourth-order valence-electron chi connectivity index (χ4n) is 3.26. The lowest BCUT2D eigenvalue weighted by Gasteiger charge is -2.59. The maximum atomic E-state index is 11.6. The Morgan fingerprint density at radius 1 is 1.00 bits per heavy atom. The van der Waals surface area contributed by atoms with Gasteiger partial charge in [-0.25, -0.2) is 12.7 Å². The molecule has 4 nitrogen and oxygen atoms in total. The predicted molar refractivity (Wildman–Crippen MR) is 62.7 cm³/mol. The van der Waals surface area contributed by atoms with Crippen molar-refractivity contribution in [2.24, 2.45) is 0 Å². The van der Waals surface area contributed by atoms with Gasteiger partial charge in [0.25, 0.3) is 0 Å². The zero-order valence-corrected chi connectivity index (χ0v) is 10.5. The summed E-state index contributed by atoms with van der Waals surface area (Å²) in [5, 5.41) is 0. The lowest BCUT2D eigenvalue weighted by atomic mass is 9.68. The minimum absolute atomic E-state index is 0.359. The van der Waals surface area contributed by atoms with Crippen LogP contribution < -0.4 is 0 Å². The SMILES string of the molecule is O=S1(=O)CCCN1CCN1CCC12CCC2. The zero-order chi connectivity index (χ0) is 11.2.